The third-order valence-electron chi connectivity index (χ3n) is 4.73. The van der Waals surface area contributed by atoms with Gasteiger partial charge < -0.3 is 9.88 Å². The molecule has 0 fully saturated rings. The number of amides is 1. The van der Waals surface area contributed by atoms with Crippen LogP contribution in [0.4, 0.5) is 0 Å². The lowest BCUT2D eigenvalue weighted by atomic mass is 10.0. The highest BCUT2D eigenvalue weighted by molar-refractivity contribution is 5.94. The van der Waals surface area contributed by atoms with Crippen molar-refractivity contribution in [3.05, 3.63) is 89.0 Å². The quantitative estimate of drug-likeness (QED) is 0.723. The molecular formula is C22H25N3O. The van der Waals surface area contributed by atoms with Gasteiger partial charge in [0.2, 0.25) is 0 Å². The Bertz CT molecular complexity index is 863. The molecule has 3 aromatic rings. The van der Waals surface area contributed by atoms with E-state index in [9.17, 15) is 4.79 Å². The summed E-state index contributed by atoms with van der Waals surface area (Å²) in [6, 6.07) is 16.1. The lowest BCUT2D eigenvalue weighted by Gasteiger charge is -2.15. The number of nitrogens with one attached hydrogen (secondary N) is 1. The number of hydrogen-bond acceptors (Lipinski definition) is 2. The van der Waals surface area contributed by atoms with Crippen LogP contribution in [0.15, 0.2) is 60.9 Å². The third kappa shape index (κ3) is 4.20. The number of rotatable bonds is 6. The van der Waals surface area contributed by atoms with Crippen LogP contribution < -0.4 is 5.32 Å². The van der Waals surface area contributed by atoms with Gasteiger partial charge in [0.15, 0.2) is 0 Å². The smallest absolute Gasteiger partial charge is 0.251 e. The molecule has 0 unspecified atom stereocenters. The zero-order valence-corrected chi connectivity index (χ0v) is 15.6. The summed E-state index contributed by atoms with van der Waals surface area (Å²) in [5.41, 5.74) is 4.23. The number of hydrogen-bond donors (Lipinski definition) is 1. The lowest BCUT2D eigenvalue weighted by molar-refractivity contribution is 0.0940. The average Bonchev–Trinajstić information content (AvgIpc) is 3.07. The van der Waals surface area contributed by atoms with Gasteiger partial charge in [-0.05, 0) is 49.1 Å². The molecule has 1 heterocycles. The summed E-state index contributed by atoms with van der Waals surface area (Å²) in [4.78, 5) is 16.7. The van der Waals surface area contributed by atoms with Gasteiger partial charge in [-0.2, -0.15) is 0 Å². The lowest BCUT2D eigenvalue weighted by Crippen LogP contribution is -2.26. The monoisotopic (exact) mass is 347 g/mol. The van der Waals surface area contributed by atoms with Crippen LogP contribution >= 0.6 is 0 Å². The Labute approximate surface area is 154 Å². The van der Waals surface area contributed by atoms with E-state index in [1.165, 1.54) is 5.56 Å². The van der Waals surface area contributed by atoms with Crippen LogP contribution in [0.1, 0.15) is 52.8 Å². The highest BCUT2D eigenvalue weighted by Crippen LogP contribution is 2.15. The SMILES string of the molecule is CCc1ccc([C@@H](C)NC(=O)c2ccc(Cn3ccnc3C)cc2)cc1. The summed E-state index contributed by atoms with van der Waals surface area (Å²) in [6.07, 6.45) is 4.78. The second-order valence-electron chi connectivity index (χ2n) is 6.59. The minimum Gasteiger partial charge on any atom is -0.346 e. The third-order valence-corrected chi connectivity index (χ3v) is 4.73. The minimum atomic E-state index is -0.0533. The molecular weight excluding hydrogens is 322 g/mol. The van der Waals surface area contributed by atoms with Crippen molar-refractivity contribution in [1.29, 1.82) is 0 Å². The fourth-order valence-corrected chi connectivity index (χ4v) is 2.93. The molecule has 0 spiro atoms. The Morgan fingerprint density at radius 3 is 2.31 bits per heavy atom. The van der Waals surface area contributed by atoms with Gasteiger partial charge in [-0.1, -0.05) is 43.3 Å². The molecule has 1 aromatic heterocycles. The molecule has 0 aliphatic heterocycles. The van der Waals surface area contributed by atoms with E-state index in [1.807, 2.05) is 44.3 Å². The molecule has 26 heavy (non-hydrogen) atoms. The van der Waals surface area contributed by atoms with E-state index in [4.69, 9.17) is 0 Å². The Morgan fingerprint density at radius 2 is 1.73 bits per heavy atom. The van der Waals surface area contributed by atoms with Crippen LogP contribution in [0.2, 0.25) is 0 Å². The van der Waals surface area contributed by atoms with Crippen molar-refractivity contribution < 1.29 is 4.79 Å². The van der Waals surface area contributed by atoms with Gasteiger partial charge in [-0.25, -0.2) is 4.98 Å². The minimum absolute atomic E-state index is 0.0262. The van der Waals surface area contributed by atoms with Crippen molar-refractivity contribution in [2.75, 3.05) is 0 Å². The fraction of sp³-hybridized carbons (Fsp3) is 0.273. The Hall–Kier alpha value is -2.88. The Balaban J connectivity index is 1.63. The summed E-state index contributed by atoms with van der Waals surface area (Å²) in [5, 5.41) is 3.07. The van der Waals surface area contributed by atoms with Crippen molar-refractivity contribution in [2.24, 2.45) is 0 Å². The summed E-state index contributed by atoms with van der Waals surface area (Å²) in [6.45, 7) is 6.89. The number of aromatic nitrogens is 2. The van der Waals surface area contributed by atoms with Crippen LogP contribution in [0.25, 0.3) is 0 Å². The molecule has 4 nitrogen and oxygen atoms in total. The van der Waals surface area contributed by atoms with Gasteiger partial charge in [-0.3, -0.25) is 4.79 Å². The predicted octanol–water partition coefficient (Wildman–Crippen LogP) is 4.29. The summed E-state index contributed by atoms with van der Waals surface area (Å²) in [5.74, 6) is 0.928. The van der Waals surface area contributed by atoms with Crippen molar-refractivity contribution in [1.82, 2.24) is 14.9 Å². The molecule has 0 aliphatic carbocycles. The molecule has 0 radical (unpaired) electrons. The van der Waals surface area contributed by atoms with Crippen LogP contribution in [-0.4, -0.2) is 15.5 Å². The van der Waals surface area contributed by atoms with Crippen molar-refractivity contribution in [3.8, 4) is 0 Å². The number of carbonyl (C=O) groups is 1. The summed E-state index contributed by atoms with van der Waals surface area (Å²) in [7, 11) is 0. The molecule has 0 saturated carbocycles. The van der Waals surface area contributed by atoms with E-state index in [2.05, 4.69) is 46.1 Å². The van der Waals surface area contributed by atoms with Crippen LogP contribution in [0.5, 0.6) is 0 Å². The Kier molecular flexibility index (Phi) is 5.52. The second-order valence-corrected chi connectivity index (χ2v) is 6.59. The van der Waals surface area contributed by atoms with Crippen LogP contribution in [0, 0.1) is 6.92 Å². The van der Waals surface area contributed by atoms with E-state index in [0.717, 1.165) is 29.9 Å². The highest BCUT2D eigenvalue weighted by Gasteiger charge is 2.11. The first-order chi connectivity index (χ1) is 12.6. The maximum Gasteiger partial charge on any atom is 0.251 e. The van der Waals surface area contributed by atoms with Gasteiger partial charge in [0.25, 0.3) is 5.91 Å². The van der Waals surface area contributed by atoms with Crippen molar-refractivity contribution >= 4 is 5.91 Å². The van der Waals surface area contributed by atoms with Crippen LogP contribution in [0.3, 0.4) is 0 Å². The number of aryl methyl sites for hydroxylation is 2. The number of nitrogens with zero attached hydrogens (tertiary/aromatic N) is 2. The zero-order chi connectivity index (χ0) is 18.5. The molecule has 134 valence electrons. The topological polar surface area (TPSA) is 46.9 Å². The van der Waals surface area contributed by atoms with Gasteiger partial charge in [0, 0.05) is 24.5 Å². The maximum atomic E-state index is 12.5. The molecule has 0 saturated heterocycles. The van der Waals surface area contributed by atoms with Crippen LogP contribution in [-0.2, 0) is 13.0 Å². The molecule has 0 aliphatic rings. The van der Waals surface area contributed by atoms with E-state index in [1.54, 1.807) is 6.20 Å². The van der Waals surface area contributed by atoms with Crippen molar-refractivity contribution in [3.63, 3.8) is 0 Å². The standard InChI is InChI=1S/C22H25N3O/c1-4-18-5-9-20(10-6-18)16(2)24-22(26)21-11-7-19(8-12-21)15-25-14-13-23-17(25)3/h5-14,16H,4,15H2,1-3H3,(H,24,26)/t16-/m1/s1. The molecule has 4 heteroatoms. The first-order valence-electron chi connectivity index (χ1n) is 9.03. The zero-order valence-electron chi connectivity index (χ0n) is 15.6. The fourth-order valence-electron chi connectivity index (χ4n) is 2.93. The molecule has 0 bridgehead atoms. The molecule has 1 amide bonds. The van der Waals surface area contributed by atoms with E-state index < -0.39 is 0 Å². The number of carbonyl (C=O) groups excluding carboxylic acids is 1. The molecule has 2 aromatic carbocycles. The maximum absolute atomic E-state index is 12.5. The summed E-state index contributed by atoms with van der Waals surface area (Å²) >= 11 is 0. The molecule has 1 atom stereocenters. The Morgan fingerprint density at radius 1 is 1.08 bits per heavy atom. The molecule has 1 N–H and O–H groups in total. The van der Waals surface area contributed by atoms with E-state index >= 15 is 0 Å². The first kappa shape index (κ1) is 17.9. The second kappa shape index (κ2) is 8.00. The van der Waals surface area contributed by atoms with Gasteiger partial charge in [0.05, 0.1) is 6.04 Å². The van der Waals surface area contributed by atoms with Gasteiger partial charge in [-0.15, -0.1) is 0 Å². The van der Waals surface area contributed by atoms with Gasteiger partial charge >= 0.3 is 0 Å². The molecule has 3 rings (SSSR count). The number of imidazole rings is 1. The van der Waals surface area contributed by atoms with E-state index in [0.29, 0.717) is 5.56 Å². The largest absolute Gasteiger partial charge is 0.346 e. The highest BCUT2D eigenvalue weighted by atomic mass is 16.1. The normalized spacial score (nSPS) is 12.0. The average molecular weight is 347 g/mol. The first-order valence-corrected chi connectivity index (χ1v) is 9.03. The van der Waals surface area contributed by atoms with E-state index in [-0.39, 0.29) is 11.9 Å². The predicted molar refractivity (Wildman–Crippen MR) is 104 cm³/mol. The van der Waals surface area contributed by atoms with Crippen molar-refractivity contribution in [2.45, 2.75) is 39.8 Å². The number of benzene rings is 2. The summed E-state index contributed by atoms with van der Waals surface area (Å²) < 4.78 is 2.08. The van der Waals surface area contributed by atoms with Gasteiger partial charge in [0.1, 0.15) is 5.82 Å².